The first-order valence-electron chi connectivity index (χ1n) is 10.9. The molecule has 0 N–H and O–H groups in total. The van der Waals surface area contributed by atoms with Gasteiger partial charge in [0.1, 0.15) is 5.60 Å². The SMILES string of the molecule is CCOC(=O)c1c([N+](=O)[O-])c2nc3c(cc2n1C(=O)OC(C)(C)C)CC(C(C)(C)C)CC3. The lowest BCUT2D eigenvalue weighted by molar-refractivity contribution is -0.383. The number of esters is 1. The molecule has 1 aliphatic carbocycles. The van der Waals surface area contributed by atoms with E-state index in [9.17, 15) is 19.7 Å². The Bertz CT molecular complexity index is 1090. The molecule has 2 heterocycles. The van der Waals surface area contributed by atoms with Crippen molar-refractivity contribution in [3.05, 3.63) is 33.1 Å². The van der Waals surface area contributed by atoms with E-state index < -0.39 is 34.0 Å². The number of nitrogens with zero attached hydrogens (tertiary/aromatic N) is 3. The van der Waals surface area contributed by atoms with Gasteiger partial charge in [-0.05, 0) is 69.9 Å². The van der Waals surface area contributed by atoms with Gasteiger partial charge in [0.25, 0.3) is 0 Å². The van der Waals surface area contributed by atoms with Crippen LogP contribution >= 0.6 is 0 Å². The maximum absolute atomic E-state index is 13.1. The average Bonchev–Trinajstić information content (AvgIpc) is 2.98. The van der Waals surface area contributed by atoms with Crippen molar-refractivity contribution in [1.29, 1.82) is 0 Å². The Labute approximate surface area is 187 Å². The van der Waals surface area contributed by atoms with Crippen molar-refractivity contribution < 1.29 is 24.0 Å². The van der Waals surface area contributed by atoms with E-state index in [0.717, 1.165) is 28.7 Å². The van der Waals surface area contributed by atoms with Crippen LogP contribution in [0.4, 0.5) is 10.5 Å². The van der Waals surface area contributed by atoms with Gasteiger partial charge in [-0.15, -0.1) is 0 Å². The van der Waals surface area contributed by atoms with Gasteiger partial charge in [-0.2, -0.15) is 0 Å². The Morgan fingerprint density at radius 3 is 2.44 bits per heavy atom. The van der Waals surface area contributed by atoms with Crippen molar-refractivity contribution >= 4 is 28.8 Å². The summed E-state index contributed by atoms with van der Waals surface area (Å²) < 4.78 is 11.5. The zero-order chi connectivity index (χ0) is 24.0. The minimum Gasteiger partial charge on any atom is -0.461 e. The first-order chi connectivity index (χ1) is 14.7. The average molecular weight is 446 g/mol. The lowest BCUT2D eigenvalue weighted by Gasteiger charge is -2.34. The van der Waals surface area contributed by atoms with Gasteiger partial charge in [0.05, 0.1) is 17.0 Å². The smallest absolute Gasteiger partial charge is 0.419 e. The van der Waals surface area contributed by atoms with Gasteiger partial charge < -0.3 is 9.47 Å². The highest BCUT2D eigenvalue weighted by atomic mass is 16.6. The third-order valence-corrected chi connectivity index (χ3v) is 5.73. The molecule has 0 spiro atoms. The predicted molar refractivity (Wildman–Crippen MR) is 119 cm³/mol. The molecule has 32 heavy (non-hydrogen) atoms. The number of pyridine rings is 1. The van der Waals surface area contributed by atoms with Gasteiger partial charge in [-0.25, -0.2) is 19.1 Å². The van der Waals surface area contributed by atoms with Gasteiger partial charge in [0, 0.05) is 5.69 Å². The van der Waals surface area contributed by atoms with Crippen LogP contribution in [-0.2, 0) is 22.3 Å². The Kier molecular flexibility index (Phi) is 6.06. The quantitative estimate of drug-likeness (QED) is 0.369. The molecule has 0 fully saturated rings. The summed E-state index contributed by atoms with van der Waals surface area (Å²) in [7, 11) is 0. The van der Waals surface area contributed by atoms with Gasteiger partial charge in [0.2, 0.25) is 5.69 Å². The Morgan fingerprint density at radius 2 is 1.91 bits per heavy atom. The molecule has 0 bridgehead atoms. The summed E-state index contributed by atoms with van der Waals surface area (Å²) in [5.41, 5.74) is 0.0802. The molecule has 1 atom stereocenters. The minimum atomic E-state index is -0.964. The molecule has 9 heteroatoms. The van der Waals surface area contributed by atoms with E-state index >= 15 is 0 Å². The molecule has 0 aliphatic heterocycles. The maximum Gasteiger partial charge on any atom is 0.419 e. The standard InChI is InChI=1S/C23H31N3O6/c1-8-31-20(27)19-18(26(29)30)17-16(25(19)21(28)32-23(5,6)7)12-13-11-14(22(2,3)4)9-10-15(13)24-17/h12,14H,8-11H2,1-7H3. The van der Waals surface area contributed by atoms with Crippen LogP contribution in [0, 0.1) is 21.4 Å². The molecule has 3 rings (SSSR count). The molecule has 2 aromatic rings. The van der Waals surface area contributed by atoms with Crippen molar-refractivity contribution in [2.45, 2.75) is 73.3 Å². The molecule has 0 amide bonds. The number of ether oxygens (including phenoxy) is 2. The summed E-state index contributed by atoms with van der Waals surface area (Å²) in [6.07, 6.45) is 1.45. The molecule has 0 saturated carbocycles. The second-order valence-electron chi connectivity index (χ2n) is 10.3. The molecular weight excluding hydrogens is 414 g/mol. The third-order valence-electron chi connectivity index (χ3n) is 5.73. The Morgan fingerprint density at radius 1 is 1.25 bits per heavy atom. The van der Waals surface area contributed by atoms with Gasteiger partial charge in [0.15, 0.2) is 5.52 Å². The van der Waals surface area contributed by atoms with E-state index in [1.165, 1.54) is 0 Å². The van der Waals surface area contributed by atoms with Crippen LogP contribution in [0.5, 0.6) is 0 Å². The second kappa shape index (κ2) is 8.18. The first kappa shape index (κ1) is 23.7. The van der Waals surface area contributed by atoms with Crippen LogP contribution in [0.2, 0.25) is 0 Å². The maximum atomic E-state index is 13.1. The summed E-state index contributed by atoms with van der Waals surface area (Å²) in [6.45, 7) is 13.2. The van der Waals surface area contributed by atoms with Gasteiger partial charge >= 0.3 is 17.7 Å². The summed E-state index contributed by atoms with van der Waals surface area (Å²) in [5.74, 6) is -0.563. The number of aromatic nitrogens is 2. The molecule has 174 valence electrons. The van der Waals surface area contributed by atoms with Crippen molar-refractivity contribution in [3.8, 4) is 0 Å². The monoisotopic (exact) mass is 445 g/mol. The molecule has 1 unspecified atom stereocenters. The zero-order valence-corrected chi connectivity index (χ0v) is 19.8. The molecule has 0 saturated heterocycles. The van der Waals surface area contributed by atoms with Crippen molar-refractivity contribution in [1.82, 2.24) is 9.55 Å². The van der Waals surface area contributed by atoms with Crippen molar-refractivity contribution in [3.63, 3.8) is 0 Å². The number of carbonyl (C=O) groups excluding carboxylic acids is 2. The molecule has 9 nitrogen and oxygen atoms in total. The van der Waals surface area contributed by atoms with E-state index in [1.807, 2.05) is 0 Å². The topological polar surface area (TPSA) is 114 Å². The Balaban J connectivity index is 2.31. The van der Waals surface area contributed by atoms with Crippen molar-refractivity contribution in [2.75, 3.05) is 6.61 Å². The number of nitro groups is 1. The van der Waals surface area contributed by atoms with Crippen LogP contribution in [0.25, 0.3) is 11.0 Å². The fraction of sp³-hybridized carbons (Fsp3) is 0.609. The molecular formula is C23H31N3O6. The van der Waals surface area contributed by atoms with Crippen LogP contribution in [-0.4, -0.2) is 38.7 Å². The van der Waals surface area contributed by atoms with Crippen LogP contribution in [0.3, 0.4) is 0 Å². The predicted octanol–water partition coefficient (Wildman–Crippen LogP) is 5.06. The molecule has 1 aliphatic rings. The molecule has 2 aromatic heterocycles. The van der Waals surface area contributed by atoms with Gasteiger partial charge in [-0.1, -0.05) is 20.8 Å². The number of rotatable bonds is 3. The second-order valence-corrected chi connectivity index (χ2v) is 10.3. The lowest BCUT2D eigenvalue weighted by atomic mass is 9.71. The summed E-state index contributed by atoms with van der Waals surface area (Å²) in [4.78, 5) is 41.8. The summed E-state index contributed by atoms with van der Waals surface area (Å²) >= 11 is 0. The highest BCUT2D eigenvalue weighted by Gasteiger charge is 2.39. The largest absolute Gasteiger partial charge is 0.461 e. The number of fused-ring (bicyclic) bond motifs is 2. The summed E-state index contributed by atoms with van der Waals surface area (Å²) in [6, 6.07) is 1.75. The number of hydrogen-bond donors (Lipinski definition) is 0. The Hall–Kier alpha value is -2.97. The third kappa shape index (κ3) is 4.47. The van der Waals surface area contributed by atoms with E-state index in [2.05, 4.69) is 25.8 Å². The number of hydrogen-bond acceptors (Lipinski definition) is 7. The molecule has 0 aromatic carbocycles. The normalized spacial score (nSPS) is 16.5. The fourth-order valence-corrected chi connectivity index (χ4v) is 4.13. The van der Waals surface area contributed by atoms with Crippen LogP contribution in [0.15, 0.2) is 6.07 Å². The van der Waals surface area contributed by atoms with Crippen LogP contribution in [0.1, 0.15) is 76.6 Å². The highest BCUT2D eigenvalue weighted by molar-refractivity contribution is 6.07. The van der Waals surface area contributed by atoms with Crippen molar-refractivity contribution in [2.24, 2.45) is 11.3 Å². The first-order valence-corrected chi connectivity index (χ1v) is 10.9. The highest BCUT2D eigenvalue weighted by Crippen LogP contribution is 2.40. The van der Waals surface area contributed by atoms with E-state index in [-0.39, 0.29) is 23.1 Å². The van der Waals surface area contributed by atoms with Crippen LogP contribution < -0.4 is 0 Å². The van der Waals surface area contributed by atoms with E-state index in [1.54, 1.807) is 33.8 Å². The summed E-state index contributed by atoms with van der Waals surface area (Å²) in [5, 5.41) is 12.0. The number of carbonyl (C=O) groups is 2. The van der Waals surface area contributed by atoms with E-state index in [4.69, 9.17) is 9.47 Å². The minimum absolute atomic E-state index is 0.00290. The zero-order valence-electron chi connectivity index (χ0n) is 19.8. The lowest BCUT2D eigenvalue weighted by Crippen LogP contribution is -2.29. The number of aryl methyl sites for hydroxylation is 1. The van der Waals surface area contributed by atoms with E-state index in [0.29, 0.717) is 12.3 Å². The molecule has 0 radical (unpaired) electrons. The fourth-order valence-electron chi connectivity index (χ4n) is 4.13. The van der Waals surface area contributed by atoms with Gasteiger partial charge in [-0.3, -0.25) is 10.1 Å².